The van der Waals surface area contributed by atoms with E-state index in [0.29, 0.717) is 24.8 Å². The van der Waals surface area contributed by atoms with E-state index in [0.717, 1.165) is 18.4 Å². The van der Waals surface area contributed by atoms with Gasteiger partial charge in [0.05, 0.1) is 12.5 Å². The molecule has 1 N–H and O–H groups in total. The third kappa shape index (κ3) is 3.00. The predicted molar refractivity (Wildman–Crippen MR) is 92.6 cm³/mol. The van der Waals surface area contributed by atoms with Crippen molar-refractivity contribution in [1.82, 2.24) is 0 Å². The molecular formula is C20H26O6. The molecule has 0 saturated heterocycles. The summed E-state index contributed by atoms with van der Waals surface area (Å²) in [6, 6.07) is 0. The lowest BCUT2D eigenvalue weighted by molar-refractivity contribution is -0.169. The minimum atomic E-state index is -1.25. The molecule has 3 rings (SSSR count). The van der Waals surface area contributed by atoms with Crippen LogP contribution in [0.15, 0.2) is 23.3 Å². The van der Waals surface area contributed by atoms with Gasteiger partial charge in [0.15, 0.2) is 5.78 Å². The van der Waals surface area contributed by atoms with Crippen LogP contribution in [-0.4, -0.2) is 36.2 Å². The lowest BCUT2D eigenvalue weighted by Gasteiger charge is -2.51. The Morgan fingerprint density at radius 2 is 2.08 bits per heavy atom. The summed E-state index contributed by atoms with van der Waals surface area (Å²) >= 11 is 0. The molecule has 142 valence electrons. The van der Waals surface area contributed by atoms with Crippen molar-refractivity contribution in [2.24, 2.45) is 23.2 Å². The largest absolute Gasteiger partial charge is 0.469 e. The van der Waals surface area contributed by atoms with Crippen LogP contribution in [0.5, 0.6) is 0 Å². The van der Waals surface area contributed by atoms with Gasteiger partial charge in [-0.15, -0.1) is 0 Å². The predicted octanol–water partition coefficient (Wildman–Crippen LogP) is 2.31. The molecule has 3 aliphatic rings. The van der Waals surface area contributed by atoms with Crippen LogP contribution in [0.2, 0.25) is 0 Å². The first-order valence-corrected chi connectivity index (χ1v) is 9.18. The number of hydrogen-bond acceptors (Lipinski definition) is 6. The minimum absolute atomic E-state index is 0.0461. The van der Waals surface area contributed by atoms with Gasteiger partial charge in [-0.2, -0.15) is 0 Å². The Morgan fingerprint density at radius 3 is 2.69 bits per heavy atom. The summed E-state index contributed by atoms with van der Waals surface area (Å²) in [4.78, 5) is 36.6. The second kappa shape index (κ2) is 6.99. The number of aliphatic hydroxyl groups excluding tert-OH is 1. The van der Waals surface area contributed by atoms with Crippen molar-refractivity contribution in [3.63, 3.8) is 0 Å². The van der Waals surface area contributed by atoms with E-state index in [2.05, 4.69) is 0 Å². The molecule has 2 aliphatic carbocycles. The van der Waals surface area contributed by atoms with Crippen molar-refractivity contribution in [2.45, 2.75) is 52.2 Å². The number of carbonyl (C=O) groups excluding carboxylic acids is 3. The normalized spacial score (nSPS) is 36.8. The van der Waals surface area contributed by atoms with Gasteiger partial charge in [-0.1, -0.05) is 12.5 Å². The maximum Gasteiger partial charge on any atom is 0.333 e. The summed E-state index contributed by atoms with van der Waals surface area (Å²) in [5.74, 6) is -0.714. The zero-order valence-corrected chi connectivity index (χ0v) is 15.5. The second-order valence-electron chi connectivity index (χ2n) is 7.79. The topological polar surface area (TPSA) is 89.9 Å². The van der Waals surface area contributed by atoms with Gasteiger partial charge >= 0.3 is 11.9 Å². The Morgan fingerprint density at radius 1 is 1.35 bits per heavy atom. The third-order valence-corrected chi connectivity index (χ3v) is 6.57. The van der Waals surface area contributed by atoms with E-state index in [4.69, 9.17) is 9.47 Å². The quantitative estimate of drug-likeness (QED) is 0.772. The molecule has 0 bridgehead atoms. The van der Waals surface area contributed by atoms with Gasteiger partial charge < -0.3 is 14.6 Å². The summed E-state index contributed by atoms with van der Waals surface area (Å²) in [6.07, 6.45) is 4.67. The van der Waals surface area contributed by atoms with E-state index < -0.39 is 17.7 Å². The first-order valence-electron chi connectivity index (χ1n) is 9.18. The Balaban J connectivity index is 1.95. The lowest BCUT2D eigenvalue weighted by atomic mass is 9.51. The Kier molecular flexibility index (Phi) is 5.06. The molecule has 6 heteroatoms. The molecule has 0 radical (unpaired) electrons. The minimum Gasteiger partial charge on any atom is -0.469 e. The van der Waals surface area contributed by atoms with Crippen molar-refractivity contribution >= 4 is 17.7 Å². The van der Waals surface area contributed by atoms with E-state index in [9.17, 15) is 19.5 Å². The van der Waals surface area contributed by atoms with Gasteiger partial charge in [0.25, 0.3) is 0 Å². The van der Waals surface area contributed by atoms with E-state index >= 15 is 0 Å². The SMILES string of the molecule is COC(=O)[C@]1(CCC2=CC(=O)O[C@H]2O)[C@H](C)CC[C@@H]2C(C)=CC(=O)C[C@@H]21. The second-order valence-corrected chi connectivity index (χ2v) is 7.79. The molecule has 1 heterocycles. The molecule has 0 aromatic heterocycles. The fraction of sp³-hybridized carbons (Fsp3) is 0.650. The zero-order valence-electron chi connectivity index (χ0n) is 15.5. The van der Waals surface area contributed by atoms with Gasteiger partial charge in [-0.25, -0.2) is 4.79 Å². The number of methoxy groups -OCH3 is 1. The molecule has 26 heavy (non-hydrogen) atoms. The Labute approximate surface area is 153 Å². The van der Waals surface area contributed by atoms with Crippen LogP contribution in [0.3, 0.4) is 0 Å². The van der Waals surface area contributed by atoms with E-state index in [1.165, 1.54) is 13.2 Å². The maximum atomic E-state index is 13.0. The molecule has 0 aromatic carbocycles. The van der Waals surface area contributed by atoms with Crippen molar-refractivity contribution in [3.8, 4) is 0 Å². The number of ether oxygens (including phenoxy) is 2. The lowest BCUT2D eigenvalue weighted by Crippen LogP contribution is -2.52. The van der Waals surface area contributed by atoms with Crippen LogP contribution in [-0.2, 0) is 23.9 Å². The summed E-state index contributed by atoms with van der Waals surface area (Å²) in [5.41, 5.74) is 0.696. The van der Waals surface area contributed by atoms with E-state index in [1.54, 1.807) is 6.08 Å². The fourth-order valence-corrected chi connectivity index (χ4v) is 5.18. The van der Waals surface area contributed by atoms with Crippen molar-refractivity contribution in [1.29, 1.82) is 0 Å². The van der Waals surface area contributed by atoms with Crippen LogP contribution in [0.25, 0.3) is 0 Å². The van der Waals surface area contributed by atoms with Crippen LogP contribution in [0.1, 0.15) is 46.0 Å². The molecular weight excluding hydrogens is 336 g/mol. The molecule has 5 atom stereocenters. The van der Waals surface area contributed by atoms with Gasteiger partial charge in [-0.3, -0.25) is 9.59 Å². The van der Waals surface area contributed by atoms with Crippen LogP contribution < -0.4 is 0 Å². The van der Waals surface area contributed by atoms with E-state index in [-0.39, 0.29) is 29.5 Å². The van der Waals surface area contributed by atoms with Gasteiger partial charge in [0.1, 0.15) is 0 Å². The number of fused-ring (bicyclic) bond motifs is 1. The number of ketones is 1. The van der Waals surface area contributed by atoms with Crippen molar-refractivity contribution < 1.29 is 29.0 Å². The monoisotopic (exact) mass is 362 g/mol. The highest BCUT2D eigenvalue weighted by Crippen LogP contribution is 2.56. The number of allylic oxidation sites excluding steroid dienone is 2. The Hall–Kier alpha value is -1.95. The number of esters is 2. The molecule has 1 saturated carbocycles. The fourth-order valence-electron chi connectivity index (χ4n) is 5.18. The summed E-state index contributed by atoms with van der Waals surface area (Å²) in [5, 5.41) is 9.86. The zero-order chi connectivity index (χ0) is 19.1. The summed E-state index contributed by atoms with van der Waals surface area (Å²) in [7, 11) is 1.38. The number of aliphatic hydroxyl groups is 1. The maximum absolute atomic E-state index is 13.0. The average molecular weight is 362 g/mol. The first-order chi connectivity index (χ1) is 12.3. The van der Waals surface area contributed by atoms with Crippen LogP contribution >= 0.6 is 0 Å². The van der Waals surface area contributed by atoms with Crippen molar-refractivity contribution in [2.75, 3.05) is 7.11 Å². The molecule has 0 unspecified atom stereocenters. The van der Waals surface area contributed by atoms with Gasteiger partial charge in [0, 0.05) is 18.1 Å². The molecule has 6 nitrogen and oxygen atoms in total. The number of cyclic esters (lactones) is 1. The Bertz CT molecular complexity index is 690. The number of hydrogen-bond donors (Lipinski definition) is 1. The average Bonchev–Trinajstić information content (AvgIpc) is 2.91. The van der Waals surface area contributed by atoms with Crippen LogP contribution in [0, 0.1) is 23.2 Å². The molecule has 0 amide bonds. The summed E-state index contributed by atoms with van der Waals surface area (Å²) < 4.78 is 9.94. The van der Waals surface area contributed by atoms with Crippen molar-refractivity contribution in [3.05, 3.63) is 23.3 Å². The number of rotatable bonds is 4. The number of carbonyl (C=O) groups is 3. The highest BCUT2D eigenvalue weighted by atomic mass is 16.6. The van der Waals surface area contributed by atoms with E-state index in [1.807, 2.05) is 13.8 Å². The smallest absolute Gasteiger partial charge is 0.333 e. The van der Waals surface area contributed by atoms with Gasteiger partial charge in [0.2, 0.25) is 6.29 Å². The third-order valence-electron chi connectivity index (χ3n) is 6.57. The molecule has 0 aromatic rings. The standard InChI is InChI=1S/C20H26O6/c1-11-8-14(21)10-16-15(11)5-4-12(2)20(16,19(24)25-3)7-6-13-9-17(22)26-18(13)23/h8-9,12,15-16,18,23H,4-7,10H2,1-3H3/t12-,15-,16+,18-,20-/m1/s1. The highest BCUT2D eigenvalue weighted by Gasteiger charge is 2.56. The van der Waals surface area contributed by atoms with Crippen LogP contribution in [0.4, 0.5) is 0 Å². The molecule has 1 fully saturated rings. The molecule has 1 aliphatic heterocycles. The van der Waals surface area contributed by atoms with Gasteiger partial charge in [-0.05, 0) is 56.4 Å². The first kappa shape index (κ1) is 18.8. The highest BCUT2D eigenvalue weighted by molar-refractivity contribution is 5.92. The summed E-state index contributed by atoms with van der Waals surface area (Å²) in [6.45, 7) is 3.99. The molecule has 0 spiro atoms.